The number of aromatic amines is 1. The predicted octanol–water partition coefficient (Wildman–Crippen LogP) is 0.813. The molecule has 0 unspecified atom stereocenters. The second-order valence-electron chi connectivity index (χ2n) is 4.80. The number of ether oxygens (including phenoxy) is 1. The van der Waals surface area contributed by atoms with E-state index in [2.05, 4.69) is 20.5 Å². The number of aryl methyl sites for hydroxylation is 1. The molecule has 1 heterocycles. The van der Waals surface area contributed by atoms with Crippen LogP contribution in [0.15, 0.2) is 6.33 Å². The van der Waals surface area contributed by atoms with E-state index in [-0.39, 0.29) is 11.5 Å². The van der Waals surface area contributed by atoms with Crippen molar-refractivity contribution >= 4 is 5.91 Å². The molecule has 0 aromatic carbocycles. The van der Waals surface area contributed by atoms with E-state index in [1.165, 1.54) is 6.33 Å². The van der Waals surface area contributed by atoms with Gasteiger partial charge < -0.3 is 10.1 Å². The number of amides is 1. The number of carbonyl (C=O) groups excluding carboxylic acids is 1. The Morgan fingerprint density at radius 1 is 1.61 bits per heavy atom. The van der Waals surface area contributed by atoms with Gasteiger partial charge in [-0.25, -0.2) is 4.98 Å². The van der Waals surface area contributed by atoms with E-state index in [1.807, 2.05) is 0 Å². The fourth-order valence-electron chi connectivity index (χ4n) is 2.21. The van der Waals surface area contributed by atoms with Crippen LogP contribution in [0.2, 0.25) is 0 Å². The van der Waals surface area contributed by atoms with Crippen LogP contribution in [0.4, 0.5) is 0 Å². The molecule has 0 spiro atoms. The molecule has 6 nitrogen and oxygen atoms in total. The van der Waals surface area contributed by atoms with Crippen LogP contribution in [0.1, 0.15) is 37.9 Å². The van der Waals surface area contributed by atoms with Crippen LogP contribution >= 0.6 is 0 Å². The Morgan fingerprint density at radius 3 is 3.00 bits per heavy atom. The summed E-state index contributed by atoms with van der Waals surface area (Å²) in [4.78, 5) is 15.8. The summed E-state index contributed by atoms with van der Waals surface area (Å²) in [5.74, 6) is 0.936. The summed E-state index contributed by atoms with van der Waals surface area (Å²) < 4.78 is 5.43. The number of nitrogens with one attached hydrogen (secondary N) is 2. The van der Waals surface area contributed by atoms with E-state index in [4.69, 9.17) is 4.74 Å². The standard InChI is InChI=1S/C12H20N4O2/c1-18-12(5-3-6-12)8-11(17)13-7-2-4-10-14-9-15-16-10/h9H,2-8H2,1H3,(H,13,17)(H,14,15,16). The van der Waals surface area contributed by atoms with Crippen molar-refractivity contribution in [3.63, 3.8) is 0 Å². The van der Waals surface area contributed by atoms with Crippen molar-refractivity contribution in [1.82, 2.24) is 20.5 Å². The third-order valence-electron chi connectivity index (χ3n) is 3.56. The lowest BCUT2D eigenvalue weighted by molar-refractivity contribution is -0.134. The predicted molar refractivity (Wildman–Crippen MR) is 65.9 cm³/mol. The van der Waals surface area contributed by atoms with Gasteiger partial charge in [-0.15, -0.1) is 0 Å². The van der Waals surface area contributed by atoms with E-state index in [0.29, 0.717) is 13.0 Å². The van der Waals surface area contributed by atoms with Crippen molar-refractivity contribution in [3.05, 3.63) is 12.2 Å². The molecule has 100 valence electrons. The van der Waals surface area contributed by atoms with Gasteiger partial charge >= 0.3 is 0 Å². The molecular formula is C12H20N4O2. The molecule has 1 aromatic rings. The van der Waals surface area contributed by atoms with E-state index < -0.39 is 0 Å². The van der Waals surface area contributed by atoms with Crippen LogP contribution in [-0.2, 0) is 16.0 Å². The number of methoxy groups -OCH3 is 1. The summed E-state index contributed by atoms with van der Waals surface area (Å²) in [6.07, 6.45) is 6.78. The Hall–Kier alpha value is -1.43. The van der Waals surface area contributed by atoms with Gasteiger partial charge in [0, 0.05) is 20.1 Å². The van der Waals surface area contributed by atoms with Gasteiger partial charge in [0.2, 0.25) is 5.91 Å². The van der Waals surface area contributed by atoms with Gasteiger partial charge in [-0.05, 0) is 25.7 Å². The van der Waals surface area contributed by atoms with E-state index in [1.54, 1.807) is 7.11 Å². The molecule has 1 amide bonds. The summed E-state index contributed by atoms with van der Waals surface area (Å²) >= 11 is 0. The fourth-order valence-corrected chi connectivity index (χ4v) is 2.21. The number of rotatable bonds is 7. The van der Waals surface area contributed by atoms with Gasteiger partial charge in [-0.1, -0.05) is 0 Å². The third kappa shape index (κ3) is 3.29. The highest BCUT2D eigenvalue weighted by molar-refractivity contribution is 5.77. The molecular weight excluding hydrogens is 232 g/mol. The zero-order valence-electron chi connectivity index (χ0n) is 10.7. The molecule has 1 aliphatic rings. The van der Waals surface area contributed by atoms with Crippen LogP contribution in [0.25, 0.3) is 0 Å². The number of hydrogen-bond acceptors (Lipinski definition) is 4. The minimum absolute atomic E-state index is 0.0779. The molecule has 1 aliphatic carbocycles. The second kappa shape index (κ2) is 5.95. The Labute approximate surface area is 107 Å². The lowest BCUT2D eigenvalue weighted by atomic mass is 9.77. The first-order valence-corrected chi connectivity index (χ1v) is 6.40. The SMILES string of the molecule is COC1(CC(=O)NCCCc2ncn[nH]2)CCC1. The highest BCUT2D eigenvalue weighted by Gasteiger charge is 2.38. The molecule has 18 heavy (non-hydrogen) atoms. The molecule has 0 radical (unpaired) electrons. The Balaban J connectivity index is 1.60. The Kier molecular flexibility index (Phi) is 4.30. The van der Waals surface area contributed by atoms with Crippen molar-refractivity contribution in [2.75, 3.05) is 13.7 Å². The first-order valence-electron chi connectivity index (χ1n) is 6.40. The first kappa shape index (κ1) is 13.0. The molecule has 2 N–H and O–H groups in total. The van der Waals surface area contributed by atoms with E-state index in [0.717, 1.165) is 37.9 Å². The molecule has 0 saturated heterocycles. The second-order valence-corrected chi connectivity index (χ2v) is 4.80. The summed E-state index contributed by atoms with van der Waals surface area (Å²) in [6, 6.07) is 0. The van der Waals surface area contributed by atoms with Crippen LogP contribution in [0.3, 0.4) is 0 Å². The Bertz CT molecular complexity index is 368. The minimum atomic E-state index is -0.186. The molecule has 2 rings (SSSR count). The van der Waals surface area contributed by atoms with E-state index in [9.17, 15) is 4.79 Å². The maximum atomic E-state index is 11.7. The normalized spacial score (nSPS) is 17.2. The zero-order valence-corrected chi connectivity index (χ0v) is 10.7. The van der Waals surface area contributed by atoms with Crippen LogP contribution < -0.4 is 5.32 Å². The number of hydrogen-bond donors (Lipinski definition) is 2. The Morgan fingerprint density at radius 2 is 2.44 bits per heavy atom. The topological polar surface area (TPSA) is 79.9 Å². The maximum Gasteiger partial charge on any atom is 0.222 e. The fraction of sp³-hybridized carbons (Fsp3) is 0.750. The monoisotopic (exact) mass is 252 g/mol. The van der Waals surface area contributed by atoms with Crippen molar-refractivity contribution in [3.8, 4) is 0 Å². The highest BCUT2D eigenvalue weighted by Crippen LogP contribution is 2.37. The highest BCUT2D eigenvalue weighted by atomic mass is 16.5. The van der Waals surface area contributed by atoms with Crippen LogP contribution in [0.5, 0.6) is 0 Å². The quantitative estimate of drug-likeness (QED) is 0.704. The molecule has 0 bridgehead atoms. The van der Waals surface area contributed by atoms with Gasteiger partial charge in [0.15, 0.2) is 0 Å². The minimum Gasteiger partial charge on any atom is -0.378 e. The lowest BCUT2D eigenvalue weighted by Crippen LogP contribution is -2.44. The van der Waals surface area contributed by atoms with Crippen LogP contribution in [-0.4, -0.2) is 40.3 Å². The summed E-state index contributed by atoms with van der Waals surface area (Å²) in [6.45, 7) is 0.666. The summed E-state index contributed by atoms with van der Waals surface area (Å²) in [5, 5.41) is 9.49. The van der Waals surface area contributed by atoms with E-state index >= 15 is 0 Å². The molecule has 1 saturated carbocycles. The van der Waals surface area contributed by atoms with Crippen molar-refractivity contribution < 1.29 is 9.53 Å². The average Bonchev–Trinajstić information content (AvgIpc) is 2.82. The van der Waals surface area contributed by atoms with Gasteiger partial charge in [0.25, 0.3) is 0 Å². The molecule has 1 aromatic heterocycles. The van der Waals surface area contributed by atoms with Gasteiger partial charge in [0.05, 0.1) is 12.0 Å². The van der Waals surface area contributed by atoms with Crippen molar-refractivity contribution in [2.24, 2.45) is 0 Å². The van der Waals surface area contributed by atoms with Crippen LogP contribution in [0, 0.1) is 0 Å². The zero-order chi connectivity index (χ0) is 12.8. The number of H-pyrrole nitrogens is 1. The van der Waals surface area contributed by atoms with Gasteiger partial charge in [-0.2, -0.15) is 5.10 Å². The number of aromatic nitrogens is 3. The molecule has 6 heteroatoms. The maximum absolute atomic E-state index is 11.7. The van der Waals surface area contributed by atoms with Crippen molar-refractivity contribution in [2.45, 2.75) is 44.1 Å². The summed E-state index contributed by atoms with van der Waals surface area (Å²) in [5.41, 5.74) is -0.186. The first-order chi connectivity index (χ1) is 8.74. The molecule has 1 fully saturated rings. The van der Waals surface area contributed by atoms with Crippen molar-refractivity contribution in [1.29, 1.82) is 0 Å². The number of carbonyl (C=O) groups is 1. The average molecular weight is 252 g/mol. The van der Waals surface area contributed by atoms with Gasteiger partial charge in [-0.3, -0.25) is 9.89 Å². The summed E-state index contributed by atoms with van der Waals surface area (Å²) in [7, 11) is 1.69. The molecule has 0 atom stereocenters. The number of nitrogens with zero attached hydrogens (tertiary/aromatic N) is 2. The van der Waals surface area contributed by atoms with Gasteiger partial charge in [0.1, 0.15) is 12.2 Å². The largest absolute Gasteiger partial charge is 0.378 e. The lowest BCUT2D eigenvalue weighted by Gasteiger charge is -2.39. The molecule has 0 aliphatic heterocycles. The smallest absolute Gasteiger partial charge is 0.222 e. The third-order valence-corrected chi connectivity index (χ3v) is 3.56.